The molecule has 0 unspecified atom stereocenters. The molecule has 6 heteroatoms. The fourth-order valence-electron chi connectivity index (χ4n) is 2.19. The number of carbonyl (C=O) groups excluding carboxylic acids is 1. The molecule has 108 valence electrons. The number of anilines is 1. The topological polar surface area (TPSA) is 89.2 Å². The maximum absolute atomic E-state index is 12.6. The maximum atomic E-state index is 12.6. The molecule has 1 amide bonds. The fraction of sp³-hybridized carbons (Fsp3) is 0.400. The molecule has 2 rings (SSSR count). The van der Waals surface area contributed by atoms with Crippen LogP contribution in [-0.4, -0.2) is 37.0 Å². The third kappa shape index (κ3) is 3.43. The highest BCUT2D eigenvalue weighted by atomic mass is 16.5. The Balaban J connectivity index is 2.24. The van der Waals surface area contributed by atoms with E-state index in [0.717, 1.165) is 5.69 Å². The third-order valence-electron chi connectivity index (χ3n) is 3.18. The summed E-state index contributed by atoms with van der Waals surface area (Å²) in [7, 11) is 0. The highest BCUT2D eigenvalue weighted by molar-refractivity contribution is 5.99. The van der Waals surface area contributed by atoms with E-state index < -0.39 is 0 Å². The number of hydrogen-bond donors (Lipinski definition) is 1. The molecule has 21 heavy (non-hydrogen) atoms. The number of nitrogens with zero attached hydrogens (tertiary/aromatic N) is 3. The molecule has 0 saturated heterocycles. The number of para-hydroxylation sites is 1. The SMILES string of the molecule is N#CCCN(CCC#N)C(=O)c1cccc2c1OCCN2. The molecule has 1 aliphatic heterocycles. The Morgan fingerprint density at radius 1 is 1.29 bits per heavy atom. The first-order valence-electron chi connectivity index (χ1n) is 6.80. The van der Waals surface area contributed by atoms with Crippen molar-refractivity contribution >= 4 is 11.6 Å². The first-order chi connectivity index (χ1) is 10.3. The van der Waals surface area contributed by atoms with E-state index >= 15 is 0 Å². The molecule has 1 heterocycles. The smallest absolute Gasteiger partial charge is 0.257 e. The number of hydrogen-bond acceptors (Lipinski definition) is 5. The van der Waals surface area contributed by atoms with Crippen LogP contribution in [0.15, 0.2) is 18.2 Å². The maximum Gasteiger partial charge on any atom is 0.257 e. The highest BCUT2D eigenvalue weighted by Crippen LogP contribution is 2.32. The molecule has 1 aromatic carbocycles. The third-order valence-corrected chi connectivity index (χ3v) is 3.18. The lowest BCUT2D eigenvalue weighted by molar-refractivity contribution is 0.0758. The van der Waals surface area contributed by atoms with Gasteiger partial charge in [0.05, 0.1) is 36.2 Å². The molecule has 0 fully saturated rings. The molecule has 0 radical (unpaired) electrons. The van der Waals surface area contributed by atoms with Crippen molar-refractivity contribution in [2.24, 2.45) is 0 Å². The van der Waals surface area contributed by atoms with Gasteiger partial charge in [0.2, 0.25) is 0 Å². The van der Waals surface area contributed by atoms with Gasteiger partial charge >= 0.3 is 0 Å². The zero-order valence-electron chi connectivity index (χ0n) is 11.6. The normalized spacial score (nSPS) is 12.1. The Morgan fingerprint density at radius 3 is 2.67 bits per heavy atom. The highest BCUT2D eigenvalue weighted by Gasteiger charge is 2.23. The molecule has 0 atom stereocenters. The van der Waals surface area contributed by atoms with Gasteiger partial charge in [0.25, 0.3) is 5.91 Å². The Hall–Kier alpha value is -2.73. The standard InChI is InChI=1S/C15H16N4O2/c16-6-2-9-19(10-3-7-17)15(20)12-4-1-5-13-14(12)21-11-8-18-13/h1,4-5,18H,2-3,8-11H2. The lowest BCUT2D eigenvalue weighted by Gasteiger charge is -2.25. The minimum atomic E-state index is -0.207. The second-order valence-corrected chi connectivity index (χ2v) is 4.57. The van der Waals surface area contributed by atoms with Crippen LogP contribution < -0.4 is 10.1 Å². The number of amides is 1. The van der Waals surface area contributed by atoms with Crippen molar-refractivity contribution in [1.29, 1.82) is 10.5 Å². The average Bonchev–Trinajstić information content (AvgIpc) is 2.54. The lowest BCUT2D eigenvalue weighted by atomic mass is 10.1. The summed E-state index contributed by atoms with van der Waals surface area (Å²) in [6.07, 6.45) is 0.483. The molecule has 0 aliphatic carbocycles. The van der Waals surface area contributed by atoms with Crippen LogP contribution in [0.1, 0.15) is 23.2 Å². The minimum absolute atomic E-state index is 0.207. The summed E-state index contributed by atoms with van der Waals surface area (Å²) in [5.41, 5.74) is 1.27. The molecule has 0 bridgehead atoms. The first-order valence-corrected chi connectivity index (χ1v) is 6.80. The number of rotatable bonds is 5. The van der Waals surface area contributed by atoms with Crippen molar-refractivity contribution < 1.29 is 9.53 Å². The van der Waals surface area contributed by atoms with Gasteiger partial charge in [-0.05, 0) is 12.1 Å². The van der Waals surface area contributed by atoms with Crippen molar-refractivity contribution in [1.82, 2.24) is 4.90 Å². The van der Waals surface area contributed by atoms with Gasteiger partial charge in [0.15, 0.2) is 5.75 Å². The molecule has 0 saturated carbocycles. The van der Waals surface area contributed by atoms with Crippen LogP contribution in [0.2, 0.25) is 0 Å². The second-order valence-electron chi connectivity index (χ2n) is 4.57. The van der Waals surface area contributed by atoms with Crippen LogP contribution >= 0.6 is 0 Å². The number of nitrogens with one attached hydrogen (secondary N) is 1. The van der Waals surface area contributed by atoms with Gasteiger partial charge in [-0.3, -0.25) is 4.79 Å². The largest absolute Gasteiger partial charge is 0.489 e. The Kier molecular flexibility index (Phi) is 5.00. The van der Waals surface area contributed by atoms with Crippen molar-refractivity contribution in [3.8, 4) is 17.9 Å². The van der Waals surface area contributed by atoms with Crippen LogP contribution in [0.3, 0.4) is 0 Å². The van der Waals surface area contributed by atoms with Gasteiger partial charge in [0.1, 0.15) is 6.61 Å². The Morgan fingerprint density at radius 2 is 2.00 bits per heavy atom. The number of ether oxygens (including phenoxy) is 1. The van der Waals surface area contributed by atoms with Crippen molar-refractivity contribution in [3.63, 3.8) is 0 Å². The van der Waals surface area contributed by atoms with Gasteiger partial charge in [-0.2, -0.15) is 10.5 Å². The van der Waals surface area contributed by atoms with Crippen LogP contribution in [0.4, 0.5) is 5.69 Å². The van der Waals surface area contributed by atoms with E-state index in [9.17, 15) is 4.79 Å². The van der Waals surface area contributed by atoms with E-state index in [2.05, 4.69) is 5.32 Å². The summed E-state index contributed by atoms with van der Waals surface area (Å²) in [6.45, 7) is 1.84. The van der Waals surface area contributed by atoms with Crippen LogP contribution in [0.25, 0.3) is 0 Å². The van der Waals surface area contributed by atoms with E-state index in [1.807, 2.05) is 18.2 Å². The quantitative estimate of drug-likeness (QED) is 0.890. The molecule has 0 aromatic heterocycles. The van der Waals surface area contributed by atoms with Gasteiger partial charge in [-0.25, -0.2) is 0 Å². The predicted octanol–water partition coefficient (Wildman–Crippen LogP) is 1.76. The molecule has 6 nitrogen and oxygen atoms in total. The first kappa shape index (κ1) is 14.7. The fourth-order valence-corrected chi connectivity index (χ4v) is 2.19. The van der Waals surface area contributed by atoms with E-state index in [0.29, 0.717) is 37.6 Å². The van der Waals surface area contributed by atoms with Crippen LogP contribution in [0, 0.1) is 22.7 Å². The van der Waals surface area contributed by atoms with Gasteiger partial charge in [-0.1, -0.05) is 6.07 Å². The average molecular weight is 284 g/mol. The number of benzene rings is 1. The summed E-state index contributed by atoms with van der Waals surface area (Å²) in [4.78, 5) is 14.2. The van der Waals surface area contributed by atoms with E-state index in [4.69, 9.17) is 15.3 Å². The molecule has 1 aliphatic rings. The summed E-state index contributed by atoms with van der Waals surface area (Å²) < 4.78 is 5.59. The molecular weight excluding hydrogens is 268 g/mol. The minimum Gasteiger partial charge on any atom is -0.489 e. The van der Waals surface area contributed by atoms with Gasteiger partial charge in [0, 0.05) is 19.6 Å². The van der Waals surface area contributed by atoms with Crippen LogP contribution in [-0.2, 0) is 0 Å². The number of fused-ring (bicyclic) bond motifs is 1. The van der Waals surface area contributed by atoms with E-state index in [-0.39, 0.29) is 18.7 Å². The number of carbonyl (C=O) groups is 1. The zero-order chi connectivity index (χ0) is 15.1. The predicted molar refractivity (Wildman–Crippen MR) is 76.8 cm³/mol. The number of nitriles is 2. The second kappa shape index (κ2) is 7.16. The summed E-state index contributed by atoms with van der Waals surface area (Å²) in [5, 5.41) is 20.6. The molecule has 1 N–H and O–H groups in total. The summed E-state index contributed by atoms with van der Waals surface area (Å²) in [6, 6.07) is 9.41. The van der Waals surface area contributed by atoms with Crippen molar-refractivity contribution in [2.45, 2.75) is 12.8 Å². The molecule has 0 spiro atoms. The zero-order valence-corrected chi connectivity index (χ0v) is 11.6. The molecular formula is C15H16N4O2. The van der Waals surface area contributed by atoms with Gasteiger partial charge in [-0.15, -0.1) is 0 Å². The Bertz CT molecular complexity index is 583. The monoisotopic (exact) mass is 284 g/mol. The molecule has 1 aromatic rings. The van der Waals surface area contributed by atoms with Crippen LogP contribution in [0.5, 0.6) is 5.75 Å². The lowest BCUT2D eigenvalue weighted by Crippen LogP contribution is -2.33. The van der Waals surface area contributed by atoms with E-state index in [1.165, 1.54) is 4.90 Å². The summed E-state index contributed by atoms with van der Waals surface area (Å²) in [5.74, 6) is 0.341. The van der Waals surface area contributed by atoms with Crippen molar-refractivity contribution in [3.05, 3.63) is 23.8 Å². The van der Waals surface area contributed by atoms with Gasteiger partial charge < -0.3 is 15.0 Å². The van der Waals surface area contributed by atoms with E-state index in [1.54, 1.807) is 12.1 Å². The summed E-state index contributed by atoms with van der Waals surface area (Å²) >= 11 is 0. The Labute approximate surface area is 123 Å². The van der Waals surface area contributed by atoms with Crippen molar-refractivity contribution in [2.75, 3.05) is 31.6 Å².